The number of aliphatic hydroxyl groups excluding tert-OH is 1. The number of carboxylic acids is 1. The Bertz CT molecular complexity index is 656. The van der Waals surface area contributed by atoms with E-state index in [4.69, 9.17) is 9.84 Å². The van der Waals surface area contributed by atoms with Crippen LogP contribution in [0.25, 0.3) is 0 Å². The van der Waals surface area contributed by atoms with E-state index in [9.17, 15) is 19.5 Å². The summed E-state index contributed by atoms with van der Waals surface area (Å²) in [5.41, 5.74) is 0. The Hall–Kier alpha value is -1.54. The van der Waals surface area contributed by atoms with Crippen LogP contribution in [0.1, 0.15) is 118 Å². The minimum Gasteiger partial charge on any atom is -0.481 e. The molecule has 36 heavy (non-hydrogen) atoms. The van der Waals surface area contributed by atoms with Crippen LogP contribution in [0.15, 0.2) is 12.2 Å². The van der Waals surface area contributed by atoms with Gasteiger partial charge in [0.2, 0.25) is 5.91 Å². The summed E-state index contributed by atoms with van der Waals surface area (Å²) in [5, 5.41) is 22.3. The Kier molecular flexibility index (Phi) is 19.6. The summed E-state index contributed by atoms with van der Waals surface area (Å²) >= 11 is 1.43. The van der Waals surface area contributed by atoms with Crippen molar-refractivity contribution in [3.8, 4) is 0 Å². The van der Waals surface area contributed by atoms with Crippen LogP contribution in [0.5, 0.6) is 0 Å². The number of allylic oxidation sites excluding steroid dienone is 1. The van der Waals surface area contributed by atoms with Gasteiger partial charge in [-0.3, -0.25) is 9.59 Å². The van der Waals surface area contributed by atoms with Crippen LogP contribution in [-0.2, 0) is 19.1 Å². The smallest absolute Gasteiger partial charge is 0.329 e. The quantitative estimate of drug-likeness (QED) is 0.0892. The van der Waals surface area contributed by atoms with Gasteiger partial charge in [-0.15, -0.1) is 11.8 Å². The minimum atomic E-state index is -0.887. The number of thioether (sulfide) groups is 1. The highest BCUT2D eigenvalue weighted by Gasteiger charge is 2.42. The van der Waals surface area contributed by atoms with Gasteiger partial charge in [0.15, 0.2) is 0 Å². The molecule has 0 radical (unpaired) electrons. The van der Waals surface area contributed by atoms with Gasteiger partial charge < -0.3 is 20.3 Å². The van der Waals surface area contributed by atoms with E-state index in [0.717, 1.165) is 12.8 Å². The molecule has 4 atom stereocenters. The molecule has 0 bridgehead atoms. The number of hydrogen-bond donors (Lipinski definition) is 3. The van der Waals surface area contributed by atoms with Gasteiger partial charge in [-0.2, -0.15) is 0 Å². The van der Waals surface area contributed by atoms with Crippen LogP contribution in [0.2, 0.25) is 0 Å². The molecule has 0 aliphatic carbocycles. The average molecular weight is 530 g/mol. The largest absolute Gasteiger partial charge is 0.481 e. The van der Waals surface area contributed by atoms with E-state index in [-0.39, 0.29) is 17.6 Å². The maximum atomic E-state index is 12.5. The molecule has 7 nitrogen and oxygen atoms in total. The number of rotatable bonds is 22. The topological polar surface area (TPSA) is 113 Å². The molecule has 1 amide bonds. The van der Waals surface area contributed by atoms with Crippen molar-refractivity contribution in [2.45, 2.75) is 140 Å². The molecule has 2 unspecified atom stereocenters. The fraction of sp³-hybridized carbons (Fsp3) is 0.821. The number of methoxy groups -OCH3 is 1. The number of aliphatic hydroxyl groups is 1. The second-order valence-corrected chi connectivity index (χ2v) is 11.5. The van der Waals surface area contributed by atoms with Gasteiger partial charge >= 0.3 is 11.9 Å². The Morgan fingerprint density at radius 2 is 1.58 bits per heavy atom. The van der Waals surface area contributed by atoms with Crippen LogP contribution in [0.3, 0.4) is 0 Å². The molecule has 0 aliphatic rings. The third-order valence-corrected chi connectivity index (χ3v) is 8.38. The zero-order valence-electron chi connectivity index (χ0n) is 23.2. The van der Waals surface area contributed by atoms with E-state index in [2.05, 4.69) is 18.3 Å². The van der Waals surface area contributed by atoms with E-state index in [1.165, 1.54) is 77.2 Å². The Morgan fingerprint density at radius 1 is 1.00 bits per heavy atom. The molecule has 0 aromatic carbocycles. The lowest BCUT2D eigenvalue weighted by atomic mass is 9.97. The van der Waals surface area contributed by atoms with Crippen molar-refractivity contribution in [2.75, 3.05) is 7.11 Å². The predicted molar refractivity (Wildman–Crippen MR) is 148 cm³/mol. The number of amides is 1. The summed E-state index contributed by atoms with van der Waals surface area (Å²) < 4.78 is 4.23. The highest BCUT2D eigenvalue weighted by Crippen LogP contribution is 2.39. The standard InChI is InChI=1S/C28H51NO6S/c1-6-8-9-10-11-12-13-14-15-16-17-20-24(23(31)19-18-21-25(32)33)36-28(4,7-2)26(27(34)35-5)29-22(3)30/h17,20,23-24,26,31H,6-16,18-19,21H2,1-5H3,(H,29,30)(H,32,33)/t23-,24+,26?,28?/m0/s1. The fourth-order valence-electron chi connectivity index (χ4n) is 4.12. The van der Waals surface area contributed by atoms with Crippen molar-refractivity contribution < 1.29 is 29.3 Å². The van der Waals surface area contributed by atoms with Gasteiger partial charge in [-0.25, -0.2) is 4.79 Å². The molecule has 0 saturated heterocycles. The van der Waals surface area contributed by atoms with Crippen molar-refractivity contribution in [2.24, 2.45) is 0 Å². The maximum absolute atomic E-state index is 12.5. The van der Waals surface area contributed by atoms with Crippen molar-refractivity contribution in [3.63, 3.8) is 0 Å². The first-order chi connectivity index (χ1) is 17.1. The van der Waals surface area contributed by atoms with Crippen LogP contribution in [0.4, 0.5) is 0 Å². The summed E-state index contributed by atoms with van der Waals surface area (Å²) in [4.78, 5) is 35.2. The first kappa shape index (κ1) is 34.5. The molecule has 0 aliphatic heterocycles. The number of esters is 1. The molecule has 210 valence electrons. The van der Waals surface area contributed by atoms with Gasteiger partial charge in [-0.05, 0) is 39.0 Å². The van der Waals surface area contributed by atoms with Crippen LogP contribution >= 0.6 is 11.8 Å². The Morgan fingerprint density at radius 3 is 2.08 bits per heavy atom. The molecule has 0 spiro atoms. The van der Waals surface area contributed by atoms with Gasteiger partial charge in [0.05, 0.1) is 13.2 Å². The number of carboxylic acid groups (broad SMARTS) is 1. The monoisotopic (exact) mass is 529 g/mol. The number of unbranched alkanes of at least 4 members (excludes halogenated alkanes) is 9. The number of carbonyl (C=O) groups excluding carboxylic acids is 2. The van der Waals surface area contributed by atoms with Crippen LogP contribution < -0.4 is 5.32 Å². The second kappa shape index (κ2) is 20.5. The predicted octanol–water partition coefficient (Wildman–Crippen LogP) is 6.03. The second-order valence-electron chi connectivity index (χ2n) is 9.80. The Labute approximate surface area is 223 Å². The third-order valence-electron chi connectivity index (χ3n) is 6.57. The van der Waals surface area contributed by atoms with E-state index < -0.39 is 28.8 Å². The number of aliphatic carboxylic acids is 1. The summed E-state index contributed by atoms with van der Waals surface area (Å²) in [6.45, 7) is 7.42. The van der Waals surface area contributed by atoms with Crippen molar-refractivity contribution in [1.82, 2.24) is 5.32 Å². The zero-order chi connectivity index (χ0) is 27.4. The molecule has 0 fully saturated rings. The summed E-state index contributed by atoms with van der Waals surface area (Å²) in [6, 6.07) is -0.866. The Balaban J connectivity index is 5.15. The molecular formula is C28H51NO6S. The first-order valence-corrected chi connectivity index (χ1v) is 14.6. The lowest BCUT2D eigenvalue weighted by Crippen LogP contribution is -2.54. The van der Waals surface area contributed by atoms with Gasteiger partial charge in [0, 0.05) is 23.3 Å². The highest BCUT2D eigenvalue weighted by molar-refractivity contribution is 8.01. The normalized spacial score (nSPS) is 15.7. The van der Waals surface area contributed by atoms with Crippen LogP contribution in [0, 0.1) is 0 Å². The molecule has 0 heterocycles. The highest BCUT2D eigenvalue weighted by atomic mass is 32.2. The van der Waals surface area contributed by atoms with Crippen molar-refractivity contribution >= 4 is 29.6 Å². The lowest BCUT2D eigenvalue weighted by Gasteiger charge is -2.38. The first-order valence-electron chi connectivity index (χ1n) is 13.7. The van der Waals surface area contributed by atoms with Crippen LogP contribution in [-0.4, -0.2) is 57.3 Å². The molecular weight excluding hydrogens is 478 g/mol. The number of carbonyl (C=O) groups is 3. The fourth-order valence-corrected chi connectivity index (χ4v) is 5.69. The molecule has 0 rings (SSSR count). The molecule has 0 saturated carbocycles. The third kappa shape index (κ3) is 15.5. The zero-order valence-corrected chi connectivity index (χ0v) is 24.0. The van der Waals surface area contributed by atoms with E-state index in [1.807, 2.05) is 19.9 Å². The summed E-state index contributed by atoms with van der Waals surface area (Å²) in [6.07, 6.45) is 16.8. The van der Waals surface area contributed by atoms with Crippen molar-refractivity contribution in [3.05, 3.63) is 12.2 Å². The molecule has 0 aromatic heterocycles. The number of hydrogen-bond acceptors (Lipinski definition) is 6. The van der Waals surface area contributed by atoms with Gasteiger partial charge in [0.1, 0.15) is 6.04 Å². The van der Waals surface area contributed by atoms with Gasteiger partial charge in [0.25, 0.3) is 0 Å². The summed E-state index contributed by atoms with van der Waals surface area (Å²) in [5.74, 6) is -1.74. The lowest BCUT2D eigenvalue weighted by molar-refractivity contribution is -0.145. The summed E-state index contributed by atoms with van der Waals surface area (Å²) in [7, 11) is 1.29. The number of ether oxygens (including phenoxy) is 1. The van der Waals surface area contributed by atoms with E-state index in [0.29, 0.717) is 19.3 Å². The van der Waals surface area contributed by atoms with Crippen molar-refractivity contribution in [1.29, 1.82) is 0 Å². The average Bonchev–Trinajstić information content (AvgIpc) is 2.84. The molecule has 8 heteroatoms. The van der Waals surface area contributed by atoms with Gasteiger partial charge in [-0.1, -0.05) is 77.4 Å². The molecule has 3 N–H and O–H groups in total. The molecule has 0 aromatic rings. The number of nitrogens with one attached hydrogen (secondary N) is 1. The van der Waals surface area contributed by atoms with E-state index >= 15 is 0 Å². The maximum Gasteiger partial charge on any atom is 0.329 e. The van der Waals surface area contributed by atoms with E-state index in [1.54, 1.807) is 0 Å². The SMILES string of the molecule is CCCCCCCCCCCC=C[C@@H](SC(C)(CC)C(NC(C)=O)C(=O)OC)[C@@H](O)CCCC(=O)O. The minimum absolute atomic E-state index is 0.00166.